The summed E-state index contributed by atoms with van der Waals surface area (Å²) in [5.74, 6) is 0.193. The first-order valence-corrected chi connectivity index (χ1v) is 7.67. The highest BCUT2D eigenvalue weighted by Gasteiger charge is 2.13. The summed E-state index contributed by atoms with van der Waals surface area (Å²) in [5, 5.41) is 4.40. The number of nitrogens with two attached hydrogens (primary N) is 1. The molecule has 0 aliphatic rings. The van der Waals surface area contributed by atoms with E-state index in [1.807, 2.05) is 20.0 Å². The van der Waals surface area contributed by atoms with Gasteiger partial charge in [0.15, 0.2) is 0 Å². The van der Waals surface area contributed by atoms with E-state index in [2.05, 4.69) is 21.0 Å². The minimum atomic E-state index is -0.311. The second-order valence-corrected chi connectivity index (χ2v) is 5.60. The zero-order valence-corrected chi connectivity index (χ0v) is 13.8. The van der Waals surface area contributed by atoms with Gasteiger partial charge in [0.25, 0.3) is 0 Å². The standard InChI is InChI=1S/C15H19BrFN3O/c1-3-13-15(16)14(20(2)19-13)9-21-12-7-10(4-5-18)6-11(17)8-12/h6-8H,3-5,9,18H2,1-2H3. The molecule has 6 heteroatoms. The van der Waals surface area contributed by atoms with Crippen molar-refractivity contribution in [3.63, 3.8) is 0 Å². The molecule has 2 rings (SSSR count). The molecule has 1 aromatic heterocycles. The van der Waals surface area contributed by atoms with Crippen LogP contribution in [0.5, 0.6) is 5.75 Å². The maximum absolute atomic E-state index is 13.5. The predicted molar refractivity (Wildman–Crippen MR) is 83.8 cm³/mol. The molecule has 0 saturated heterocycles. The van der Waals surface area contributed by atoms with Crippen LogP contribution in [0.25, 0.3) is 0 Å². The molecule has 1 heterocycles. The SMILES string of the molecule is CCc1nn(C)c(COc2cc(F)cc(CCN)c2)c1Br. The summed E-state index contributed by atoms with van der Waals surface area (Å²) in [5.41, 5.74) is 8.25. The zero-order valence-electron chi connectivity index (χ0n) is 12.2. The molecule has 4 nitrogen and oxygen atoms in total. The molecule has 0 atom stereocenters. The van der Waals surface area contributed by atoms with E-state index < -0.39 is 0 Å². The van der Waals surface area contributed by atoms with E-state index >= 15 is 0 Å². The molecule has 0 aliphatic carbocycles. The molecule has 21 heavy (non-hydrogen) atoms. The topological polar surface area (TPSA) is 53.1 Å². The molecule has 0 unspecified atom stereocenters. The number of nitrogens with zero attached hydrogens (tertiary/aromatic N) is 2. The van der Waals surface area contributed by atoms with Crippen LogP contribution in [-0.2, 0) is 26.5 Å². The van der Waals surface area contributed by atoms with Gasteiger partial charge in [-0.2, -0.15) is 5.10 Å². The van der Waals surface area contributed by atoms with Crippen molar-refractivity contribution in [2.75, 3.05) is 6.54 Å². The Morgan fingerprint density at radius 1 is 1.38 bits per heavy atom. The monoisotopic (exact) mass is 355 g/mol. The minimum absolute atomic E-state index is 0.311. The smallest absolute Gasteiger partial charge is 0.131 e. The van der Waals surface area contributed by atoms with Crippen molar-refractivity contribution in [1.82, 2.24) is 9.78 Å². The lowest BCUT2D eigenvalue weighted by Gasteiger charge is -2.09. The quantitative estimate of drug-likeness (QED) is 0.866. The average Bonchev–Trinajstić information content (AvgIpc) is 2.71. The molecule has 0 spiro atoms. The number of aryl methyl sites for hydroxylation is 2. The normalized spacial score (nSPS) is 10.9. The van der Waals surface area contributed by atoms with E-state index in [4.69, 9.17) is 10.5 Å². The van der Waals surface area contributed by atoms with Crippen LogP contribution in [0.15, 0.2) is 22.7 Å². The number of aromatic nitrogens is 2. The van der Waals surface area contributed by atoms with Gasteiger partial charge < -0.3 is 10.5 Å². The molecule has 1 aromatic carbocycles. The van der Waals surface area contributed by atoms with E-state index in [1.54, 1.807) is 4.68 Å². The van der Waals surface area contributed by atoms with E-state index in [1.165, 1.54) is 12.1 Å². The van der Waals surface area contributed by atoms with E-state index in [9.17, 15) is 4.39 Å². The first-order chi connectivity index (χ1) is 10.0. The summed E-state index contributed by atoms with van der Waals surface area (Å²) in [4.78, 5) is 0. The highest BCUT2D eigenvalue weighted by molar-refractivity contribution is 9.10. The first kappa shape index (κ1) is 16.0. The summed E-state index contributed by atoms with van der Waals surface area (Å²) >= 11 is 3.54. The third-order valence-corrected chi connectivity index (χ3v) is 4.16. The third-order valence-electron chi connectivity index (χ3n) is 3.24. The predicted octanol–water partition coefficient (Wildman–Crippen LogP) is 2.96. The Bertz CT molecular complexity index is 628. The summed E-state index contributed by atoms with van der Waals surface area (Å²) in [6.45, 7) is 2.86. The number of halogens is 2. The summed E-state index contributed by atoms with van der Waals surface area (Å²) in [7, 11) is 1.87. The van der Waals surface area contributed by atoms with Crippen molar-refractivity contribution in [1.29, 1.82) is 0 Å². The van der Waals surface area contributed by atoms with Gasteiger partial charge in [0.05, 0.1) is 15.9 Å². The van der Waals surface area contributed by atoms with Gasteiger partial charge in [0.1, 0.15) is 18.2 Å². The van der Waals surface area contributed by atoms with Crippen LogP contribution in [0.1, 0.15) is 23.9 Å². The zero-order chi connectivity index (χ0) is 15.4. The highest BCUT2D eigenvalue weighted by Crippen LogP contribution is 2.24. The van der Waals surface area contributed by atoms with Crippen molar-refractivity contribution in [3.05, 3.63) is 45.4 Å². The fraction of sp³-hybridized carbons (Fsp3) is 0.400. The fourth-order valence-corrected chi connectivity index (χ4v) is 2.87. The van der Waals surface area contributed by atoms with Gasteiger partial charge in [0, 0.05) is 13.1 Å². The number of rotatable bonds is 6. The lowest BCUT2D eigenvalue weighted by molar-refractivity contribution is 0.292. The van der Waals surface area contributed by atoms with Crippen LogP contribution in [-0.4, -0.2) is 16.3 Å². The van der Waals surface area contributed by atoms with Crippen molar-refractivity contribution in [3.8, 4) is 5.75 Å². The number of ether oxygens (including phenoxy) is 1. The number of hydrogen-bond acceptors (Lipinski definition) is 3. The molecule has 0 aliphatic heterocycles. The minimum Gasteiger partial charge on any atom is -0.487 e. The molecule has 114 valence electrons. The Labute approximate surface area is 132 Å². The van der Waals surface area contributed by atoms with E-state index in [-0.39, 0.29) is 5.82 Å². The second kappa shape index (κ2) is 7.04. The molecule has 2 aromatic rings. The van der Waals surface area contributed by atoms with Gasteiger partial charge in [-0.05, 0) is 53.0 Å². The van der Waals surface area contributed by atoms with Crippen molar-refractivity contribution >= 4 is 15.9 Å². The molecule has 0 bridgehead atoms. The number of benzene rings is 1. The van der Waals surface area contributed by atoms with Gasteiger partial charge >= 0.3 is 0 Å². The summed E-state index contributed by atoms with van der Waals surface area (Å²) < 4.78 is 22.0. The molecule has 2 N–H and O–H groups in total. The van der Waals surface area contributed by atoms with Gasteiger partial charge in [0.2, 0.25) is 0 Å². The van der Waals surface area contributed by atoms with Crippen LogP contribution >= 0.6 is 15.9 Å². The molecule has 0 radical (unpaired) electrons. The van der Waals surface area contributed by atoms with Crippen molar-refractivity contribution in [2.24, 2.45) is 12.8 Å². The molecular weight excluding hydrogens is 337 g/mol. The van der Waals surface area contributed by atoms with E-state index in [0.29, 0.717) is 25.3 Å². The Balaban J connectivity index is 2.14. The average molecular weight is 356 g/mol. The van der Waals surface area contributed by atoms with Crippen LogP contribution in [0.3, 0.4) is 0 Å². The van der Waals surface area contributed by atoms with Crippen LogP contribution in [0.4, 0.5) is 4.39 Å². The Kier molecular flexibility index (Phi) is 5.36. The van der Waals surface area contributed by atoms with Crippen molar-refractivity contribution < 1.29 is 9.13 Å². The molecule has 0 amide bonds. The molecular formula is C15H19BrFN3O. The third kappa shape index (κ3) is 3.83. The van der Waals surface area contributed by atoms with Gasteiger partial charge in [-0.1, -0.05) is 6.92 Å². The summed E-state index contributed by atoms with van der Waals surface area (Å²) in [6, 6.07) is 4.68. The fourth-order valence-electron chi connectivity index (χ4n) is 2.14. The summed E-state index contributed by atoms with van der Waals surface area (Å²) in [6.07, 6.45) is 1.47. The Morgan fingerprint density at radius 3 is 2.76 bits per heavy atom. The largest absolute Gasteiger partial charge is 0.487 e. The second-order valence-electron chi connectivity index (χ2n) is 4.81. The van der Waals surface area contributed by atoms with Crippen LogP contribution < -0.4 is 10.5 Å². The van der Waals surface area contributed by atoms with Crippen LogP contribution in [0.2, 0.25) is 0 Å². The molecule has 0 fully saturated rings. The maximum atomic E-state index is 13.5. The Hall–Kier alpha value is -1.40. The number of hydrogen-bond donors (Lipinski definition) is 1. The van der Waals surface area contributed by atoms with Crippen molar-refractivity contribution in [2.45, 2.75) is 26.4 Å². The Morgan fingerprint density at radius 2 is 2.14 bits per heavy atom. The van der Waals surface area contributed by atoms with Gasteiger partial charge in [-0.25, -0.2) is 4.39 Å². The molecule has 0 saturated carbocycles. The maximum Gasteiger partial charge on any atom is 0.131 e. The van der Waals surface area contributed by atoms with Gasteiger partial charge in [-0.15, -0.1) is 0 Å². The lowest BCUT2D eigenvalue weighted by Crippen LogP contribution is -2.05. The van der Waals surface area contributed by atoms with Gasteiger partial charge in [-0.3, -0.25) is 4.68 Å². The van der Waals surface area contributed by atoms with Crippen LogP contribution in [0, 0.1) is 5.82 Å². The first-order valence-electron chi connectivity index (χ1n) is 6.87. The lowest BCUT2D eigenvalue weighted by atomic mass is 10.1. The van der Waals surface area contributed by atoms with E-state index in [0.717, 1.165) is 27.8 Å². The highest BCUT2D eigenvalue weighted by atomic mass is 79.9.